The van der Waals surface area contributed by atoms with Gasteiger partial charge in [0.25, 0.3) is 0 Å². The molecule has 1 unspecified atom stereocenters. The summed E-state index contributed by atoms with van der Waals surface area (Å²) in [6.07, 6.45) is 2.83. The smallest absolute Gasteiger partial charge is 0.118 e. The Morgan fingerprint density at radius 2 is 1.96 bits per heavy atom. The highest BCUT2D eigenvalue weighted by atomic mass is 16.5. The summed E-state index contributed by atoms with van der Waals surface area (Å²) < 4.78 is 5.31. The number of hydrogen-bond acceptors (Lipinski definition) is 3. The number of rotatable bonds is 4. The van der Waals surface area contributed by atoms with E-state index in [1.165, 1.54) is 22.4 Å². The molecule has 25 heavy (non-hydrogen) atoms. The Morgan fingerprint density at radius 3 is 2.72 bits per heavy atom. The van der Waals surface area contributed by atoms with E-state index in [4.69, 9.17) is 4.74 Å². The van der Waals surface area contributed by atoms with Crippen LogP contribution in [0.15, 0.2) is 54.9 Å². The quantitative estimate of drug-likeness (QED) is 0.788. The van der Waals surface area contributed by atoms with E-state index >= 15 is 0 Å². The van der Waals surface area contributed by atoms with Crippen LogP contribution < -0.4 is 4.74 Å². The summed E-state index contributed by atoms with van der Waals surface area (Å²) >= 11 is 0. The molecule has 2 heterocycles. The SMILES string of the molecule is COc1ccc(C2c3nc[nH]c3CCN2Cc2ccccc2C)cc1. The largest absolute Gasteiger partial charge is 0.497 e. The number of H-pyrrole nitrogens is 1. The average Bonchev–Trinajstić information content (AvgIpc) is 3.12. The predicted octanol–water partition coefficient (Wildman–Crippen LogP) is 3.87. The second-order valence-electron chi connectivity index (χ2n) is 6.59. The summed E-state index contributed by atoms with van der Waals surface area (Å²) in [4.78, 5) is 10.5. The molecule has 3 aromatic rings. The fourth-order valence-electron chi connectivity index (χ4n) is 3.66. The van der Waals surface area contributed by atoms with E-state index in [0.29, 0.717) is 0 Å². The van der Waals surface area contributed by atoms with Crippen molar-refractivity contribution in [3.05, 3.63) is 82.9 Å². The van der Waals surface area contributed by atoms with Gasteiger partial charge in [-0.1, -0.05) is 36.4 Å². The Labute approximate surface area is 148 Å². The maximum Gasteiger partial charge on any atom is 0.118 e. The number of hydrogen-bond donors (Lipinski definition) is 1. The minimum atomic E-state index is 0.167. The van der Waals surface area contributed by atoms with Gasteiger partial charge in [-0.05, 0) is 35.7 Å². The van der Waals surface area contributed by atoms with Gasteiger partial charge in [-0.3, -0.25) is 4.90 Å². The summed E-state index contributed by atoms with van der Waals surface area (Å²) in [5.41, 5.74) is 6.36. The third-order valence-corrected chi connectivity index (χ3v) is 5.09. The average molecular weight is 333 g/mol. The lowest BCUT2D eigenvalue weighted by Crippen LogP contribution is -2.36. The zero-order chi connectivity index (χ0) is 17.2. The first-order valence-corrected chi connectivity index (χ1v) is 8.71. The van der Waals surface area contributed by atoms with Gasteiger partial charge in [0.1, 0.15) is 5.75 Å². The van der Waals surface area contributed by atoms with Gasteiger partial charge in [0, 0.05) is 25.2 Å². The fourth-order valence-corrected chi connectivity index (χ4v) is 3.66. The molecule has 0 amide bonds. The first kappa shape index (κ1) is 15.9. The van der Waals surface area contributed by atoms with Crippen molar-refractivity contribution in [1.82, 2.24) is 14.9 Å². The van der Waals surface area contributed by atoms with E-state index in [1.54, 1.807) is 7.11 Å². The lowest BCUT2D eigenvalue weighted by atomic mass is 9.94. The van der Waals surface area contributed by atoms with Crippen LogP contribution >= 0.6 is 0 Å². The van der Waals surface area contributed by atoms with Crippen molar-refractivity contribution in [3.63, 3.8) is 0 Å². The molecule has 0 saturated carbocycles. The molecule has 1 aliphatic rings. The van der Waals surface area contributed by atoms with Gasteiger partial charge >= 0.3 is 0 Å². The zero-order valence-corrected chi connectivity index (χ0v) is 14.7. The van der Waals surface area contributed by atoms with E-state index in [2.05, 4.69) is 58.2 Å². The van der Waals surface area contributed by atoms with Crippen molar-refractivity contribution in [3.8, 4) is 5.75 Å². The minimum absolute atomic E-state index is 0.167. The monoisotopic (exact) mass is 333 g/mol. The van der Waals surface area contributed by atoms with Crippen LogP contribution in [0.4, 0.5) is 0 Å². The molecule has 0 radical (unpaired) electrons. The highest BCUT2D eigenvalue weighted by Gasteiger charge is 2.31. The van der Waals surface area contributed by atoms with Gasteiger partial charge in [-0.2, -0.15) is 0 Å². The van der Waals surface area contributed by atoms with Crippen LogP contribution in [-0.4, -0.2) is 28.5 Å². The molecule has 4 nitrogen and oxygen atoms in total. The molecule has 1 atom stereocenters. The normalized spacial score (nSPS) is 17.3. The first-order chi connectivity index (χ1) is 12.3. The second kappa shape index (κ2) is 6.73. The van der Waals surface area contributed by atoms with Crippen molar-refractivity contribution >= 4 is 0 Å². The standard InChI is InChI=1S/C21H23N3O/c1-15-5-3-4-6-17(15)13-24-12-11-19-20(23-14-22-19)21(24)16-7-9-18(25-2)10-8-16/h3-10,14,21H,11-13H2,1-2H3,(H,22,23). The highest BCUT2D eigenvalue weighted by Crippen LogP contribution is 2.35. The zero-order valence-electron chi connectivity index (χ0n) is 14.7. The highest BCUT2D eigenvalue weighted by molar-refractivity contribution is 5.37. The van der Waals surface area contributed by atoms with E-state index in [1.807, 2.05) is 18.5 Å². The van der Waals surface area contributed by atoms with Gasteiger partial charge in [-0.15, -0.1) is 0 Å². The van der Waals surface area contributed by atoms with E-state index in [9.17, 15) is 0 Å². The van der Waals surface area contributed by atoms with Crippen molar-refractivity contribution in [2.24, 2.45) is 0 Å². The molecule has 0 aliphatic carbocycles. The number of ether oxygens (including phenoxy) is 1. The number of imidazole rings is 1. The lowest BCUT2D eigenvalue weighted by Gasteiger charge is -2.35. The van der Waals surface area contributed by atoms with Crippen LogP contribution in [-0.2, 0) is 13.0 Å². The van der Waals surface area contributed by atoms with Crippen molar-refractivity contribution in [1.29, 1.82) is 0 Å². The molecule has 0 bridgehead atoms. The van der Waals surface area contributed by atoms with Crippen LogP contribution in [0, 0.1) is 6.92 Å². The molecule has 2 aromatic carbocycles. The van der Waals surface area contributed by atoms with Crippen molar-refractivity contribution < 1.29 is 4.74 Å². The van der Waals surface area contributed by atoms with Gasteiger partial charge in [0.05, 0.1) is 25.2 Å². The molecular formula is C21H23N3O. The van der Waals surface area contributed by atoms with E-state index in [-0.39, 0.29) is 6.04 Å². The molecule has 1 aliphatic heterocycles. The molecule has 4 rings (SSSR count). The lowest BCUT2D eigenvalue weighted by molar-refractivity contribution is 0.200. The Kier molecular flexibility index (Phi) is 4.28. The number of aromatic amines is 1. The third kappa shape index (κ3) is 3.05. The fraction of sp³-hybridized carbons (Fsp3) is 0.286. The second-order valence-corrected chi connectivity index (χ2v) is 6.59. The predicted molar refractivity (Wildman–Crippen MR) is 98.7 cm³/mol. The topological polar surface area (TPSA) is 41.1 Å². The maximum atomic E-state index is 5.31. The summed E-state index contributed by atoms with van der Waals surface area (Å²) in [5, 5.41) is 0. The van der Waals surface area contributed by atoms with Gasteiger partial charge < -0.3 is 9.72 Å². The Balaban J connectivity index is 1.71. The minimum Gasteiger partial charge on any atom is -0.497 e. The van der Waals surface area contributed by atoms with Crippen LogP contribution in [0.2, 0.25) is 0 Å². The number of methoxy groups -OCH3 is 1. The maximum absolute atomic E-state index is 5.31. The van der Waals surface area contributed by atoms with Crippen LogP contribution in [0.3, 0.4) is 0 Å². The summed E-state index contributed by atoms with van der Waals surface area (Å²) in [6.45, 7) is 4.12. The molecule has 0 fully saturated rings. The summed E-state index contributed by atoms with van der Waals surface area (Å²) in [5.74, 6) is 0.882. The Morgan fingerprint density at radius 1 is 1.16 bits per heavy atom. The van der Waals surface area contributed by atoms with Gasteiger partial charge in [-0.25, -0.2) is 4.98 Å². The summed E-state index contributed by atoms with van der Waals surface area (Å²) in [7, 11) is 1.70. The number of nitrogens with one attached hydrogen (secondary N) is 1. The third-order valence-electron chi connectivity index (χ3n) is 5.09. The van der Waals surface area contributed by atoms with Crippen LogP contribution in [0.1, 0.15) is 34.1 Å². The molecule has 4 heteroatoms. The number of fused-ring (bicyclic) bond motifs is 1. The molecule has 0 saturated heterocycles. The van der Waals surface area contributed by atoms with E-state index in [0.717, 1.165) is 31.0 Å². The molecule has 1 aromatic heterocycles. The summed E-state index contributed by atoms with van der Waals surface area (Å²) in [6, 6.07) is 17.2. The van der Waals surface area contributed by atoms with Crippen LogP contribution in [0.25, 0.3) is 0 Å². The molecular weight excluding hydrogens is 310 g/mol. The molecule has 128 valence electrons. The number of benzene rings is 2. The number of nitrogens with zero attached hydrogens (tertiary/aromatic N) is 2. The molecule has 1 N–H and O–H groups in total. The van der Waals surface area contributed by atoms with Crippen LogP contribution in [0.5, 0.6) is 5.75 Å². The first-order valence-electron chi connectivity index (χ1n) is 8.71. The Bertz CT molecular complexity index is 854. The molecule has 0 spiro atoms. The van der Waals surface area contributed by atoms with Gasteiger partial charge in [0.15, 0.2) is 0 Å². The number of aryl methyl sites for hydroxylation is 1. The Hall–Kier alpha value is -2.59. The van der Waals surface area contributed by atoms with Gasteiger partial charge in [0.2, 0.25) is 0 Å². The number of aromatic nitrogens is 2. The van der Waals surface area contributed by atoms with E-state index < -0.39 is 0 Å². The van der Waals surface area contributed by atoms with Crippen molar-refractivity contribution in [2.45, 2.75) is 25.9 Å². The van der Waals surface area contributed by atoms with Crippen molar-refractivity contribution in [2.75, 3.05) is 13.7 Å².